The lowest BCUT2D eigenvalue weighted by Crippen LogP contribution is -2.44. The molecule has 112 valence electrons. The normalized spacial score (nSPS) is 15.6. The summed E-state index contributed by atoms with van der Waals surface area (Å²) in [6, 6.07) is 9.55. The zero-order chi connectivity index (χ0) is 14.8. The Morgan fingerprint density at radius 1 is 1.15 bits per heavy atom. The number of aliphatic hydroxyl groups excluding tert-OH is 3. The van der Waals surface area contributed by atoms with Crippen molar-refractivity contribution in [3.05, 3.63) is 48.6 Å². The van der Waals surface area contributed by atoms with Gasteiger partial charge in [0.2, 0.25) is 0 Å². The lowest BCUT2D eigenvalue weighted by Gasteiger charge is -2.26. The number of hydrogen-bond acceptors (Lipinski definition) is 5. The molecule has 5 nitrogen and oxygen atoms in total. The van der Waals surface area contributed by atoms with Crippen molar-refractivity contribution in [3.63, 3.8) is 0 Å². The van der Waals surface area contributed by atoms with Crippen molar-refractivity contribution < 1.29 is 24.8 Å². The van der Waals surface area contributed by atoms with Crippen LogP contribution in [0.2, 0.25) is 0 Å². The largest absolute Gasteiger partial charge is 0.394 e. The van der Waals surface area contributed by atoms with Gasteiger partial charge in [-0.05, 0) is 5.56 Å². The second-order valence-corrected chi connectivity index (χ2v) is 4.40. The SMILES string of the molecule is C=CCO[C@H]([C@H](O)COCc1ccccc1)[C@@H](O)CO. The third kappa shape index (κ3) is 5.81. The molecule has 3 atom stereocenters. The first kappa shape index (κ1) is 16.8. The first-order chi connectivity index (χ1) is 9.69. The van der Waals surface area contributed by atoms with Crippen molar-refractivity contribution in [1.29, 1.82) is 0 Å². The summed E-state index contributed by atoms with van der Waals surface area (Å²) in [4.78, 5) is 0. The Labute approximate surface area is 119 Å². The van der Waals surface area contributed by atoms with Crippen LogP contribution in [0.3, 0.4) is 0 Å². The molecule has 0 aliphatic rings. The molecule has 0 fully saturated rings. The maximum atomic E-state index is 9.96. The van der Waals surface area contributed by atoms with Gasteiger partial charge in [0.1, 0.15) is 18.3 Å². The summed E-state index contributed by atoms with van der Waals surface area (Å²) in [7, 11) is 0. The Kier molecular flexibility index (Phi) is 8.10. The van der Waals surface area contributed by atoms with Crippen LogP contribution in [0, 0.1) is 0 Å². The van der Waals surface area contributed by atoms with Gasteiger partial charge in [0.15, 0.2) is 0 Å². The van der Waals surface area contributed by atoms with E-state index in [0.29, 0.717) is 6.61 Å². The summed E-state index contributed by atoms with van der Waals surface area (Å²) < 4.78 is 10.6. The standard InChI is InChI=1S/C15H22O5/c1-2-8-20-15(13(17)9-16)14(18)11-19-10-12-6-4-3-5-7-12/h2-7,13-18H,1,8-11H2/t13-,14+,15-/m0/s1. The third-order valence-corrected chi connectivity index (χ3v) is 2.75. The van der Waals surface area contributed by atoms with Crippen LogP contribution in [0.4, 0.5) is 0 Å². The van der Waals surface area contributed by atoms with Gasteiger partial charge in [-0.25, -0.2) is 0 Å². The fourth-order valence-electron chi connectivity index (χ4n) is 1.73. The Morgan fingerprint density at radius 2 is 1.85 bits per heavy atom. The van der Waals surface area contributed by atoms with Gasteiger partial charge in [-0.3, -0.25) is 0 Å². The molecule has 3 N–H and O–H groups in total. The van der Waals surface area contributed by atoms with E-state index in [1.807, 2.05) is 30.3 Å². The minimum Gasteiger partial charge on any atom is -0.394 e. The van der Waals surface area contributed by atoms with Crippen LogP contribution in [0.25, 0.3) is 0 Å². The van der Waals surface area contributed by atoms with E-state index in [9.17, 15) is 10.2 Å². The molecule has 0 radical (unpaired) electrons. The zero-order valence-electron chi connectivity index (χ0n) is 11.4. The van der Waals surface area contributed by atoms with Crippen LogP contribution >= 0.6 is 0 Å². The maximum Gasteiger partial charge on any atom is 0.114 e. The zero-order valence-corrected chi connectivity index (χ0v) is 11.4. The van der Waals surface area contributed by atoms with Crippen molar-refractivity contribution in [2.45, 2.75) is 24.9 Å². The summed E-state index contributed by atoms with van der Waals surface area (Å²) in [5.74, 6) is 0. The molecule has 0 aromatic heterocycles. The highest BCUT2D eigenvalue weighted by molar-refractivity contribution is 5.13. The van der Waals surface area contributed by atoms with Crippen molar-refractivity contribution in [2.24, 2.45) is 0 Å². The fraction of sp³-hybridized carbons (Fsp3) is 0.467. The molecule has 0 spiro atoms. The van der Waals surface area contributed by atoms with Crippen molar-refractivity contribution in [1.82, 2.24) is 0 Å². The van der Waals surface area contributed by atoms with Gasteiger partial charge < -0.3 is 24.8 Å². The molecule has 0 saturated carbocycles. The van der Waals surface area contributed by atoms with Crippen LogP contribution in [-0.4, -0.2) is 53.5 Å². The second kappa shape index (κ2) is 9.63. The van der Waals surface area contributed by atoms with Crippen LogP contribution in [0.5, 0.6) is 0 Å². The lowest BCUT2D eigenvalue weighted by molar-refractivity contribution is -0.125. The minimum absolute atomic E-state index is 0.00770. The average Bonchev–Trinajstić information content (AvgIpc) is 2.48. The number of hydrogen-bond donors (Lipinski definition) is 3. The lowest BCUT2D eigenvalue weighted by atomic mass is 10.1. The molecule has 1 rings (SSSR count). The number of rotatable bonds is 10. The number of aliphatic hydroxyl groups is 3. The molecule has 0 aliphatic heterocycles. The van der Waals surface area contributed by atoms with Gasteiger partial charge in [-0.15, -0.1) is 6.58 Å². The summed E-state index contributed by atoms with van der Waals surface area (Å²) >= 11 is 0. The van der Waals surface area contributed by atoms with E-state index in [-0.39, 0.29) is 13.2 Å². The van der Waals surface area contributed by atoms with E-state index >= 15 is 0 Å². The Balaban J connectivity index is 2.40. The van der Waals surface area contributed by atoms with Crippen LogP contribution < -0.4 is 0 Å². The predicted molar refractivity (Wildman–Crippen MR) is 75.1 cm³/mol. The molecule has 0 bridgehead atoms. The topological polar surface area (TPSA) is 79.2 Å². The van der Waals surface area contributed by atoms with Gasteiger partial charge in [-0.1, -0.05) is 36.4 Å². The monoisotopic (exact) mass is 282 g/mol. The van der Waals surface area contributed by atoms with Crippen molar-refractivity contribution in [3.8, 4) is 0 Å². The highest BCUT2D eigenvalue weighted by Gasteiger charge is 2.27. The van der Waals surface area contributed by atoms with E-state index in [4.69, 9.17) is 14.6 Å². The summed E-state index contributed by atoms with van der Waals surface area (Å²) in [5.41, 5.74) is 0.992. The van der Waals surface area contributed by atoms with Gasteiger partial charge in [0, 0.05) is 0 Å². The molecule has 0 aliphatic carbocycles. The van der Waals surface area contributed by atoms with Gasteiger partial charge in [0.25, 0.3) is 0 Å². The molecule has 0 amide bonds. The van der Waals surface area contributed by atoms with E-state index in [0.717, 1.165) is 5.56 Å². The molecule has 1 aromatic rings. The van der Waals surface area contributed by atoms with Gasteiger partial charge >= 0.3 is 0 Å². The molecule has 20 heavy (non-hydrogen) atoms. The Hall–Kier alpha value is -1.24. The summed E-state index contributed by atoms with van der Waals surface area (Å²) in [5, 5.41) is 28.5. The minimum atomic E-state index is -1.16. The molecule has 0 unspecified atom stereocenters. The van der Waals surface area contributed by atoms with E-state index in [2.05, 4.69) is 6.58 Å². The molecular weight excluding hydrogens is 260 g/mol. The first-order valence-electron chi connectivity index (χ1n) is 6.50. The smallest absolute Gasteiger partial charge is 0.114 e. The first-order valence-corrected chi connectivity index (χ1v) is 6.50. The molecule has 1 aromatic carbocycles. The molecular formula is C15H22O5. The summed E-state index contributed by atoms with van der Waals surface area (Å²) in [6.45, 7) is 3.56. The highest BCUT2D eigenvalue weighted by atomic mass is 16.5. The van der Waals surface area contributed by atoms with E-state index in [1.54, 1.807) is 0 Å². The van der Waals surface area contributed by atoms with Crippen molar-refractivity contribution in [2.75, 3.05) is 19.8 Å². The fourth-order valence-corrected chi connectivity index (χ4v) is 1.73. The second-order valence-electron chi connectivity index (χ2n) is 4.40. The highest BCUT2D eigenvalue weighted by Crippen LogP contribution is 2.08. The van der Waals surface area contributed by atoms with Crippen molar-refractivity contribution >= 4 is 0 Å². The molecule has 0 saturated heterocycles. The molecule has 5 heteroatoms. The van der Waals surface area contributed by atoms with Crippen LogP contribution in [0.15, 0.2) is 43.0 Å². The molecule has 0 heterocycles. The van der Waals surface area contributed by atoms with Crippen LogP contribution in [0.1, 0.15) is 5.56 Å². The predicted octanol–water partition coefficient (Wildman–Crippen LogP) is 0.488. The maximum absolute atomic E-state index is 9.96. The third-order valence-electron chi connectivity index (χ3n) is 2.75. The number of ether oxygens (including phenoxy) is 2. The number of benzene rings is 1. The van der Waals surface area contributed by atoms with E-state index in [1.165, 1.54) is 6.08 Å². The Bertz CT molecular complexity index is 368. The average molecular weight is 282 g/mol. The van der Waals surface area contributed by atoms with E-state index < -0.39 is 24.9 Å². The summed E-state index contributed by atoms with van der Waals surface area (Å²) in [6.07, 6.45) is -1.59. The van der Waals surface area contributed by atoms with Gasteiger partial charge in [-0.2, -0.15) is 0 Å². The quantitative estimate of drug-likeness (QED) is 0.544. The Morgan fingerprint density at radius 3 is 2.45 bits per heavy atom. The van der Waals surface area contributed by atoms with Crippen LogP contribution in [-0.2, 0) is 16.1 Å². The van der Waals surface area contributed by atoms with Gasteiger partial charge in [0.05, 0.1) is 26.4 Å².